The summed E-state index contributed by atoms with van der Waals surface area (Å²) in [6, 6.07) is 8.47. The lowest BCUT2D eigenvalue weighted by Crippen LogP contribution is -3.06. The van der Waals surface area contributed by atoms with Gasteiger partial charge in [-0.25, -0.2) is 0 Å². The molecular formula is C23H38N5OS+. The van der Waals surface area contributed by atoms with Crippen molar-refractivity contribution in [1.29, 1.82) is 0 Å². The number of amides is 1. The number of aromatic nitrogens is 3. The molecule has 2 N–H and O–H groups in total. The highest BCUT2D eigenvalue weighted by Gasteiger charge is 2.25. The van der Waals surface area contributed by atoms with Crippen molar-refractivity contribution in [2.75, 3.05) is 25.2 Å². The maximum Gasteiger partial charge on any atom is 0.234 e. The molecule has 0 bridgehead atoms. The van der Waals surface area contributed by atoms with Crippen LogP contribution in [0.4, 0.5) is 5.69 Å². The van der Waals surface area contributed by atoms with Crippen molar-refractivity contribution in [1.82, 2.24) is 14.8 Å². The van der Waals surface area contributed by atoms with Crippen LogP contribution in [0.2, 0.25) is 0 Å². The largest absolute Gasteiger partial charge is 0.331 e. The van der Waals surface area contributed by atoms with Crippen molar-refractivity contribution >= 4 is 23.4 Å². The van der Waals surface area contributed by atoms with Crippen LogP contribution in [0.3, 0.4) is 0 Å². The summed E-state index contributed by atoms with van der Waals surface area (Å²) in [4.78, 5) is 13.8. The highest BCUT2D eigenvalue weighted by Crippen LogP contribution is 2.23. The molecule has 2 rings (SSSR count). The second-order valence-corrected chi connectivity index (χ2v) is 9.09. The Hall–Kier alpha value is -1.86. The van der Waals surface area contributed by atoms with E-state index in [0.717, 1.165) is 48.9 Å². The van der Waals surface area contributed by atoms with Crippen molar-refractivity contribution in [3.8, 4) is 0 Å². The molecule has 0 aliphatic rings. The molecule has 0 unspecified atom stereocenters. The third-order valence-corrected chi connectivity index (χ3v) is 6.57. The van der Waals surface area contributed by atoms with Crippen molar-refractivity contribution in [3.63, 3.8) is 0 Å². The summed E-state index contributed by atoms with van der Waals surface area (Å²) in [5.74, 6) is 1.86. The molecule has 1 aromatic carbocycles. The van der Waals surface area contributed by atoms with Gasteiger partial charge in [-0.1, -0.05) is 58.0 Å². The Bertz CT molecular complexity index is 787. The summed E-state index contributed by atoms with van der Waals surface area (Å²) >= 11 is 1.47. The molecule has 0 aliphatic carbocycles. The Morgan fingerprint density at radius 3 is 2.40 bits per heavy atom. The topological polar surface area (TPSA) is 64.2 Å². The molecule has 0 aliphatic heterocycles. The number of unbranched alkanes of at least 4 members (excludes halogenated alkanes) is 1. The number of hydrogen-bond acceptors (Lipinski definition) is 4. The van der Waals surface area contributed by atoms with E-state index in [1.807, 2.05) is 12.1 Å². The Labute approximate surface area is 185 Å². The number of quaternary nitrogens is 1. The first-order chi connectivity index (χ1) is 14.4. The van der Waals surface area contributed by atoms with Gasteiger partial charge in [0.15, 0.2) is 11.0 Å². The maximum atomic E-state index is 12.5. The van der Waals surface area contributed by atoms with Gasteiger partial charge in [-0.2, -0.15) is 0 Å². The summed E-state index contributed by atoms with van der Waals surface area (Å²) in [6.45, 7) is 9.66. The molecule has 7 heteroatoms. The molecule has 166 valence electrons. The van der Waals surface area contributed by atoms with E-state index in [4.69, 9.17) is 0 Å². The van der Waals surface area contributed by atoms with E-state index in [-0.39, 0.29) is 5.91 Å². The first kappa shape index (κ1) is 24.4. The third kappa shape index (κ3) is 6.57. The molecule has 0 radical (unpaired) electrons. The summed E-state index contributed by atoms with van der Waals surface area (Å²) in [5, 5.41) is 12.7. The molecular weight excluding hydrogens is 394 g/mol. The highest BCUT2D eigenvalue weighted by atomic mass is 32.2. The average molecular weight is 433 g/mol. The predicted octanol–water partition coefficient (Wildman–Crippen LogP) is 3.92. The first-order valence-electron chi connectivity index (χ1n) is 11.2. The second-order valence-electron chi connectivity index (χ2n) is 8.15. The number of rotatable bonds is 12. The molecule has 30 heavy (non-hydrogen) atoms. The van der Waals surface area contributed by atoms with E-state index < -0.39 is 0 Å². The van der Waals surface area contributed by atoms with Crippen LogP contribution in [0.25, 0.3) is 0 Å². The first-order valence-corrected chi connectivity index (χ1v) is 12.1. The van der Waals surface area contributed by atoms with Crippen LogP contribution in [0.5, 0.6) is 0 Å². The van der Waals surface area contributed by atoms with E-state index in [9.17, 15) is 4.79 Å². The lowest BCUT2D eigenvalue weighted by Gasteiger charge is -2.20. The molecule has 1 amide bonds. The van der Waals surface area contributed by atoms with Gasteiger partial charge in [0.1, 0.15) is 6.04 Å². The molecule has 0 saturated heterocycles. The number of carbonyl (C=O) groups excluding carboxylic acids is 1. The van der Waals surface area contributed by atoms with E-state index in [0.29, 0.717) is 17.7 Å². The van der Waals surface area contributed by atoms with E-state index in [1.165, 1.54) is 22.2 Å². The summed E-state index contributed by atoms with van der Waals surface area (Å²) in [5.41, 5.74) is 2.14. The fourth-order valence-electron chi connectivity index (χ4n) is 3.50. The van der Waals surface area contributed by atoms with Gasteiger partial charge in [-0.15, -0.1) is 10.2 Å². The molecule has 1 aromatic heterocycles. The summed E-state index contributed by atoms with van der Waals surface area (Å²) in [6.07, 6.45) is 4.30. The van der Waals surface area contributed by atoms with Gasteiger partial charge in [0.25, 0.3) is 0 Å². The number of nitrogens with zero attached hydrogens (tertiary/aromatic N) is 3. The number of carbonyl (C=O) groups is 1. The zero-order valence-corrected chi connectivity index (χ0v) is 20.2. The van der Waals surface area contributed by atoms with E-state index in [2.05, 4.69) is 74.0 Å². The monoisotopic (exact) mass is 432 g/mol. The van der Waals surface area contributed by atoms with Crippen LogP contribution in [0.1, 0.15) is 76.7 Å². The van der Waals surface area contributed by atoms with Crippen LogP contribution in [-0.4, -0.2) is 40.5 Å². The minimum absolute atomic E-state index is 0.0202. The molecule has 0 spiro atoms. The van der Waals surface area contributed by atoms with Crippen LogP contribution in [-0.2, 0) is 11.3 Å². The van der Waals surface area contributed by atoms with Crippen LogP contribution in [0, 0.1) is 0 Å². The van der Waals surface area contributed by atoms with Crippen LogP contribution >= 0.6 is 11.8 Å². The minimum atomic E-state index is -0.0202. The number of benzene rings is 1. The lowest BCUT2D eigenvalue weighted by molar-refractivity contribution is -0.893. The fourth-order valence-corrected chi connectivity index (χ4v) is 4.27. The highest BCUT2D eigenvalue weighted by molar-refractivity contribution is 7.99. The third-order valence-electron chi connectivity index (χ3n) is 5.61. The molecule has 6 nitrogen and oxygen atoms in total. The van der Waals surface area contributed by atoms with E-state index >= 15 is 0 Å². The zero-order chi connectivity index (χ0) is 22.1. The number of nitrogens with one attached hydrogen (secondary N) is 2. The van der Waals surface area contributed by atoms with Crippen molar-refractivity contribution in [3.05, 3.63) is 35.7 Å². The molecule has 0 saturated carbocycles. The predicted molar refractivity (Wildman–Crippen MR) is 125 cm³/mol. The van der Waals surface area contributed by atoms with Gasteiger partial charge in [0, 0.05) is 18.7 Å². The van der Waals surface area contributed by atoms with Crippen LogP contribution < -0.4 is 10.2 Å². The quantitative estimate of drug-likeness (QED) is 0.499. The lowest BCUT2D eigenvalue weighted by atomic mass is 9.99. The van der Waals surface area contributed by atoms with Gasteiger partial charge < -0.3 is 14.8 Å². The Morgan fingerprint density at radius 2 is 1.83 bits per heavy atom. The smallest absolute Gasteiger partial charge is 0.234 e. The zero-order valence-electron chi connectivity index (χ0n) is 19.4. The van der Waals surface area contributed by atoms with Gasteiger partial charge in [0.05, 0.1) is 19.8 Å². The molecule has 1 heterocycles. The SMILES string of the molecule is CCCCn1c(SCC(=O)Nc2ccc([C@@H](C)CC)cc2)nnc1[C@@H](CC)[NH+](C)C. The second kappa shape index (κ2) is 12.1. The van der Waals surface area contributed by atoms with Gasteiger partial charge in [-0.3, -0.25) is 4.79 Å². The number of hydrogen-bond donors (Lipinski definition) is 2. The van der Waals surface area contributed by atoms with Crippen LogP contribution in [0.15, 0.2) is 29.4 Å². The normalized spacial score (nSPS) is 13.4. The Morgan fingerprint density at radius 1 is 1.13 bits per heavy atom. The van der Waals surface area contributed by atoms with E-state index in [1.54, 1.807) is 0 Å². The molecule has 2 atom stereocenters. The standard InChI is InChI=1S/C23H37N5OS/c1-7-10-15-28-22(20(9-3)27(5)6)25-26-23(28)30-16-21(29)24-19-13-11-18(12-14-19)17(4)8-2/h11-14,17,20H,7-10,15-16H2,1-6H3,(H,24,29)/p+1/t17-,20+/m0/s1. The van der Waals surface area contributed by atoms with Crippen molar-refractivity contribution in [2.24, 2.45) is 0 Å². The molecule has 0 fully saturated rings. The Balaban J connectivity index is 2.03. The molecule has 2 aromatic rings. The van der Waals surface area contributed by atoms with Gasteiger partial charge >= 0.3 is 0 Å². The fraction of sp³-hybridized carbons (Fsp3) is 0.609. The van der Waals surface area contributed by atoms with Gasteiger partial charge in [0.2, 0.25) is 5.91 Å². The average Bonchev–Trinajstić information content (AvgIpc) is 3.13. The van der Waals surface area contributed by atoms with Gasteiger partial charge in [-0.05, 0) is 36.5 Å². The number of thioether (sulfide) groups is 1. The summed E-state index contributed by atoms with van der Waals surface area (Å²) < 4.78 is 2.21. The Kier molecular flexibility index (Phi) is 9.85. The number of anilines is 1. The minimum Gasteiger partial charge on any atom is -0.331 e. The maximum absolute atomic E-state index is 12.5. The van der Waals surface area contributed by atoms with Crippen molar-refractivity contribution in [2.45, 2.75) is 77.0 Å². The van der Waals surface area contributed by atoms with Crippen molar-refractivity contribution < 1.29 is 9.69 Å². The summed E-state index contributed by atoms with van der Waals surface area (Å²) in [7, 11) is 4.31.